The molecule has 3 rings (SSSR count). The summed E-state index contributed by atoms with van der Waals surface area (Å²) in [5, 5.41) is 2.86. The van der Waals surface area contributed by atoms with Crippen molar-refractivity contribution in [3.8, 4) is 17.0 Å². The normalized spacial score (nSPS) is 10.7. The number of pyridine rings is 1. The molecule has 3 aromatic rings. The Bertz CT molecular complexity index is 929. The molecule has 0 radical (unpaired) electrons. The van der Waals surface area contributed by atoms with Crippen LogP contribution in [0.3, 0.4) is 0 Å². The highest BCUT2D eigenvalue weighted by Crippen LogP contribution is 2.19. The molecule has 144 valence electrons. The number of rotatable bonds is 7. The van der Waals surface area contributed by atoms with E-state index in [1.165, 1.54) is 12.1 Å². The molecule has 0 saturated carbocycles. The first-order chi connectivity index (χ1) is 13.5. The number of carbonyl (C=O) groups excluding carboxylic acids is 1. The highest BCUT2D eigenvalue weighted by molar-refractivity contribution is 5.95. The molecule has 0 aliphatic heterocycles. The van der Waals surface area contributed by atoms with Crippen LogP contribution in [0.1, 0.15) is 21.6 Å². The van der Waals surface area contributed by atoms with Crippen LogP contribution in [-0.2, 0) is 6.42 Å². The highest BCUT2D eigenvalue weighted by atomic mass is 19.3. The van der Waals surface area contributed by atoms with Gasteiger partial charge in [0.1, 0.15) is 5.75 Å². The summed E-state index contributed by atoms with van der Waals surface area (Å²) < 4.78 is 28.6. The van der Waals surface area contributed by atoms with Crippen LogP contribution in [0.4, 0.5) is 8.78 Å². The average Bonchev–Trinajstić information content (AvgIpc) is 2.69. The van der Waals surface area contributed by atoms with Crippen LogP contribution in [0.25, 0.3) is 11.3 Å². The molecular formula is C22H20F2N2O2. The van der Waals surface area contributed by atoms with Gasteiger partial charge in [-0.1, -0.05) is 42.5 Å². The summed E-state index contributed by atoms with van der Waals surface area (Å²) in [7, 11) is 0. The molecular weight excluding hydrogens is 362 g/mol. The van der Waals surface area contributed by atoms with Crippen LogP contribution in [-0.4, -0.2) is 24.0 Å². The topological polar surface area (TPSA) is 51.2 Å². The highest BCUT2D eigenvalue weighted by Gasteiger charge is 2.11. The van der Waals surface area contributed by atoms with Crippen molar-refractivity contribution in [3.63, 3.8) is 0 Å². The summed E-state index contributed by atoms with van der Waals surface area (Å²) in [4.78, 5) is 17.0. The van der Waals surface area contributed by atoms with Gasteiger partial charge in [-0.3, -0.25) is 9.78 Å². The number of hydrogen-bond donors (Lipinski definition) is 1. The van der Waals surface area contributed by atoms with Crippen LogP contribution in [0.2, 0.25) is 0 Å². The Labute approximate surface area is 162 Å². The largest absolute Gasteiger partial charge is 0.435 e. The van der Waals surface area contributed by atoms with E-state index in [1.807, 2.05) is 43.3 Å². The Balaban J connectivity index is 1.56. The smallest absolute Gasteiger partial charge is 0.387 e. The maximum absolute atomic E-state index is 12.4. The zero-order valence-corrected chi connectivity index (χ0v) is 15.4. The monoisotopic (exact) mass is 382 g/mol. The summed E-state index contributed by atoms with van der Waals surface area (Å²) >= 11 is 0. The number of amides is 1. The molecule has 0 aliphatic rings. The lowest BCUT2D eigenvalue weighted by molar-refractivity contribution is -0.0498. The first-order valence-electron chi connectivity index (χ1n) is 8.88. The minimum atomic E-state index is -2.84. The first-order valence-corrected chi connectivity index (χ1v) is 8.88. The molecule has 0 spiro atoms. The van der Waals surface area contributed by atoms with Gasteiger partial charge in [0.15, 0.2) is 0 Å². The fourth-order valence-corrected chi connectivity index (χ4v) is 2.82. The van der Waals surface area contributed by atoms with Crippen molar-refractivity contribution in [1.29, 1.82) is 0 Å². The molecule has 6 heteroatoms. The van der Waals surface area contributed by atoms with E-state index in [4.69, 9.17) is 0 Å². The minimum Gasteiger partial charge on any atom is -0.435 e. The van der Waals surface area contributed by atoms with Gasteiger partial charge in [0.05, 0.1) is 17.0 Å². The molecule has 0 saturated heterocycles. The van der Waals surface area contributed by atoms with Crippen LogP contribution in [0, 0.1) is 6.92 Å². The zero-order valence-electron chi connectivity index (χ0n) is 15.4. The van der Waals surface area contributed by atoms with Gasteiger partial charge in [-0.25, -0.2) is 0 Å². The van der Waals surface area contributed by atoms with Gasteiger partial charge in [0.25, 0.3) is 5.91 Å². The summed E-state index contributed by atoms with van der Waals surface area (Å²) in [6.07, 6.45) is 0.579. The number of nitrogens with one attached hydrogen (secondary N) is 1. The van der Waals surface area contributed by atoms with Gasteiger partial charge >= 0.3 is 6.61 Å². The SMILES string of the molecule is Cc1nc(-c2ccccc2)ccc1C(=O)NCCc1ccc(OC(F)F)cc1. The van der Waals surface area contributed by atoms with Gasteiger partial charge in [0.2, 0.25) is 0 Å². The standard InChI is InChI=1S/C22H20F2N2O2/c1-15-19(11-12-20(26-15)17-5-3-2-4-6-17)21(27)25-14-13-16-7-9-18(10-8-16)28-22(23)24/h2-12,22H,13-14H2,1H3,(H,25,27). The van der Waals surface area contributed by atoms with Crippen molar-refractivity contribution >= 4 is 5.91 Å². The summed E-state index contributed by atoms with van der Waals surface area (Å²) in [5.74, 6) is -0.0785. The Morgan fingerprint density at radius 3 is 2.39 bits per heavy atom. The number of aromatic nitrogens is 1. The minimum absolute atomic E-state index is 0.114. The molecule has 0 fully saturated rings. The number of carbonyl (C=O) groups is 1. The summed E-state index contributed by atoms with van der Waals surface area (Å²) in [6, 6.07) is 19.7. The van der Waals surface area contributed by atoms with Crippen LogP contribution in [0.15, 0.2) is 66.7 Å². The number of benzene rings is 2. The number of alkyl halides is 2. The Kier molecular flexibility index (Phi) is 6.32. The molecule has 1 amide bonds. The van der Waals surface area contributed by atoms with E-state index in [1.54, 1.807) is 18.2 Å². The second-order valence-electron chi connectivity index (χ2n) is 6.22. The Hall–Kier alpha value is -3.28. The van der Waals surface area contributed by atoms with E-state index in [0.717, 1.165) is 16.8 Å². The maximum atomic E-state index is 12.4. The van der Waals surface area contributed by atoms with Crippen molar-refractivity contribution in [1.82, 2.24) is 10.3 Å². The molecule has 1 heterocycles. The van der Waals surface area contributed by atoms with Crippen LogP contribution < -0.4 is 10.1 Å². The van der Waals surface area contributed by atoms with Gasteiger partial charge in [-0.15, -0.1) is 0 Å². The van der Waals surface area contributed by atoms with Crippen molar-refractivity contribution in [2.75, 3.05) is 6.54 Å². The molecule has 0 unspecified atom stereocenters. The lowest BCUT2D eigenvalue weighted by atomic mass is 10.1. The van der Waals surface area contributed by atoms with Gasteiger partial charge < -0.3 is 10.1 Å². The van der Waals surface area contributed by atoms with Gasteiger partial charge in [-0.2, -0.15) is 8.78 Å². The van der Waals surface area contributed by atoms with Crippen LogP contribution >= 0.6 is 0 Å². The average molecular weight is 382 g/mol. The lowest BCUT2D eigenvalue weighted by Gasteiger charge is -2.10. The molecule has 0 bridgehead atoms. The second-order valence-corrected chi connectivity index (χ2v) is 6.22. The van der Waals surface area contributed by atoms with Crippen molar-refractivity contribution in [3.05, 3.63) is 83.6 Å². The molecule has 0 atom stereocenters. The molecule has 0 aliphatic carbocycles. The number of nitrogens with zero attached hydrogens (tertiary/aromatic N) is 1. The third-order valence-electron chi connectivity index (χ3n) is 4.25. The summed E-state index contributed by atoms with van der Waals surface area (Å²) in [5.41, 5.74) is 3.92. The number of ether oxygens (including phenoxy) is 1. The third kappa shape index (κ3) is 5.13. The molecule has 1 N–H and O–H groups in total. The van der Waals surface area contributed by atoms with Gasteiger partial charge in [-0.05, 0) is 43.2 Å². The number of halogens is 2. The predicted molar refractivity (Wildman–Crippen MR) is 104 cm³/mol. The quantitative estimate of drug-likeness (QED) is 0.648. The number of hydrogen-bond acceptors (Lipinski definition) is 3. The number of aryl methyl sites for hydroxylation is 1. The van der Waals surface area contributed by atoms with E-state index in [0.29, 0.717) is 24.2 Å². The molecule has 28 heavy (non-hydrogen) atoms. The molecule has 2 aromatic carbocycles. The molecule has 1 aromatic heterocycles. The fourth-order valence-electron chi connectivity index (χ4n) is 2.82. The van der Waals surface area contributed by atoms with Crippen molar-refractivity contribution in [2.45, 2.75) is 20.0 Å². The van der Waals surface area contributed by atoms with Crippen LogP contribution in [0.5, 0.6) is 5.75 Å². The third-order valence-corrected chi connectivity index (χ3v) is 4.25. The summed E-state index contributed by atoms with van der Waals surface area (Å²) in [6.45, 7) is -0.605. The van der Waals surface area contributed by atoms with Crippen molar-refractivity contribution < 1.29 is 18.3 Å². The van der Waals surface area contributed by atoms with E-state index < -0.39 is 6.61 Å². The predicted octanol–water partition coefficient (Wildman–Crippen LogP) is 4.63. The fraction of sp³-hybridized carbons (Fsp3) is 0.182. The first kappa shape index (κ1) is 19.5. The second kappa shape index (κ2) is 9.08. The van der Waals surface area contributed by atoms with E-state index in [-0.39, 0.29) is 11.7 Å². The molecule has 4 nitrogen and oxygen atoms in total. The van der Waals surface area contributed by atoms with E-state index in [2.05, 4.69) is 15.0 Å². The lowest BCUT2D eigenvalue weighted by Crippen LogP contribution is -2.26. The van der Waals surface area contributed by atoms with E-state index >= 15 is 0 Å². The zero-order chi connectivity index (χ0) is 19.9. The van der Waals surface area contributed by atoms with E-state index in [9.17, 15) is 13.6 Å². The maximum Gasteiger partial charge on any atom is 0.387 e. The Morgan fingerprint density at radius 1 is 1.04 bits per heavy atom. The Morgan fingerprint density at radius 2 is 1.75 bits per heavy atom. The van der Waals surface area contributed by atoms with Crippen molar-refractivity contribution in [2.24, 2.45) is 0 Å². The van der Waals surface area contributed by atoms with Gasteiger partial charge in [0, 0.05) is 12.1 Å².